The van der Waals surface area contributed by atoms with Gasteiger partial charge in [-0.05, 0) is 25.1 Å². The third kappa shape index (κ3) is 3.60. The van der Waals surface area contributed by atoms with Gasteiger partial charge in [-0.15, -0.1) is 0 Å². The quantitative estimate of drug-likeness (QED) is 0.626. The first-order valence-corrected chi connectivity index (χ1v) is 7.68. The van der Waals surface area contributed by atoms with Crippen LogP contribution in [0, 0.1) is 0 Å². The van der Waals surface area contributed by atoms with Gasteiger partial charge in [0, 0.05) is 22.1 Å². The molecule has 0 bridgehead atoms. The van der Waals surface area contributed by atoms with Gasteiger partial charge in [0.2, 0.25) is 0 Å². The first-order chi connectivity index (χ1) is 9.38. The molecule has 0 amide bonds. The second-order valence-electron chi connectivity index (χ2n) is 4.27. The Kier molecular flexibility index (Phi) is 5.21. The molecule has 0 fully saturated rings. The predicted octanol–water partition coefficient (Wildman–Crippen LogP) is 6.22. The van der Waals surface area contributed by atoms with E-state index in [-0.39, 0.29) is 6.04 Å². The summed E-state index contributed by atoms with van der Waals surface area (Å²) in [5.41, 5.74) is 6.81. The zero-order chi connectivity index (χ0) is 14.9. The van der Waals surface area contributed by atoms with E-state index < -0.39 is 0 Å². The minimum atomic E-state index is -0.167. The van der Waals surface area contributed by atoms with Crippen LogP contribution in [0.5, 0.6) is 11.5 Å². The van der Waals surface area contributed by atoms with Gasteiger partial charge in [0.25, 0.3) is 0 Å². The summed E-state index contributed by atoms with van der Waals surface area (Å²) in [6.45, 7) is 1.88. The molecule has 0 aliphatic rings. The Hall–Kier alpha value is -0.450. The molecule has 20 heavy (non-hydrogen) atoms. The number of nitrogens with two attached hydrogens (primary N) is 1. The van der Waals surface area contributed by atoms with Gasteiger partial charge >= 0.3 is 0 Å². The van der Waals surface area contributed by atoms with Crippen LogP contribution in [0.3, 0.4) is 0 Å². The highest BCUT2D eigenvalue weighted by atomic mass is 79.9. The van der Waals surface area contributed by atoms with E-state index >= 15 is 0 Å². The van der Waals surface area contributed by atoms with Crippen molar-refractivity contribution in [1.29, 1.82) is 0 Å². The summed E-state index contributed by atoms with van der Waals surface area (Å²) >= 11 is 21.4. The Morgan fingerprint density at radius 3 is 2.30 bits per heavy atom. The molecule has 0 aromatic heterocycles. The van der Waals surface area contributed by atoms with Crippen LogP contribution >= 0.6 is 50.7 Å². The fourth-order valence-electron chi connectivity index (χ4n) is 1.67. The second-order valence-corrected chi connectivity index (χ2v) is 6.41. The van der Waals surface area contributed by atoms with E-state index in [1.165, 1.54) is 0 Å². The number of rotatable bonds is 3. The molecule has 2 nitrogen and oxygen atoms in total. The standard InChI is InChI=1S/C14H11BrCl3NO/c1-7(19)9-3-2-8(15)4-13(9)20-14-6-11(17)10(16)5-12(14)18/h2-7H,19H2,1H3. The van der Waals surface area contributed by atoms with Crippen molar-refractivity contribution >= 4 is 50.7 Å². The number of hydrogen-bond donors (Lipinski definition) is 1. The number of hydrogen-bond acceptors (Lipinski definition) is 2. The van der Waals surface area contributed by atoms with Crippen LogP contribution in [0.1, 0.15) is 18.5 Å². The lowest BCUT2D eigenvalue weighted by molar-refractivity contribution is 0.472. The molecule has 1 atom stereocenters. The van der Waals surface area contributed by atoms with Crippen LogP contribution in [0.15, 0.2) is 34.8 Å². The summed E-state index contributed by atoms with van der Waals surface area (Å²) in [5.74, 6) is 1.05. The van der Waals surface area contributed by atoms with Crippen molar-refractivity contribution in [3.05, 3.63) is 55.4 Å². The number of benzene rings is 2. The van der Waals surface area contributed by atoms with Crippen LogP contribution in [0.2, 0.25) is 15.1 Å². The number of halogens is 4. The van der Waals surface area contributed by atoms with Crippen LogP contribution < -0.4 is 10.5 Å². The molecular formula is C14H11BrCl3NO. The molecular weight excluding hydrogens is 384 g/mol. The molecule has 0 saturated carbocycles. The van der Waals surface area contributed by atoms with Gasteiger partial charge in [-0.25, -0.2) is 0 Å². The molecule has 2 N–H and O–H groups in total. The van der Waals surface area contributed by atoms with Crippen molar-refractivity contribution in [3.8, 4) is 11.5 Å². The molecule has 2 aromatic carbocycles. The maximum Gasteiger partial charge on any atom is 0.147 e. The molecule has 0 radical (unpaired) electrons. The van der Waals surface area contributed by atoms with Crippen molar-refractivity contribution in [2.45, 2.75) is 13.0 Å². The van der Waals surface area contributed by atoms with E-state index in [0.29, 0.717) is 26.6 Å². The van der Waals surface area contributed by atoms with Gasteiger partial charge in [-0.3, -0.25) is 0 Å². The third-order valence-electron chi connectivity index (χ3n) is 2.66. The third-order valence-corrected chi connectivity index (χ3v) is 4.17. The van der Waals surface area contributed by atoms with Gasteiger partial charge in [0.05, 0.1) is 15.1 Å². The normalized spacial score (nSPS) is 12.3. The average molecular weight is 396 g/mol. The molecule has 1 unspecified atom stereocenters. The monoisotopic (exact) mass is 393 g/mol. The number of ether oxygens (including phenoxy) is 1. The van der Waals surface area contributed by atoms with E-state index in [1.807, 2.05) is 25.1 Å². The Bertz CT molecular complexity index is 647. The Morgan fingerprint density at radius 2 is 1.65 bits per heavy atom. The van der Waals surface area contributed by atoms with E-state index in [4.69, 9.17) is 45.3 Å². The summed E-state index contributed by atoms with van der Waals surface area (Å²) in [7, 11) is 0. The van der Waals surface area contributed by atoms with Crippen molar-refractivity contribution in [1.82, 2.24) is 0 Å². The Balaban J connectivity index is 2.44. The zero-order valence-corrected chi connectivity index (χ0v) is 14.3. The summed E-state index contributed by atoms with van der Waals surface area (Å²) < 4.78 is 6.72. The smallest absolute Gasteiger partial charge is 0.147 e. The highest BCUT2D eigenvalue weighted by Crippen LogP contribution is 2.38. The fourth-order valence-corrected chi connectivity index (χ4v) is 2.59. The SMILES string of the molecule is CC(N)c1ccc(Br)cc1Oc1cc(Cl)c(Cl)cc1Cl. The molecule has 0 heterocycles. The first-order valence-electron chi connectivity index (χ1n) is 5.76. The van der Waals surface area contributed by atoms with Crippen molar-refractivity contribution < 1.29 is 4.74 Å². The molecule has 2 rings (SSSR count). The first kappa shape index (κ1) is 15.9. The van der Waals surface area contributed by atoms with Gasteiger partial charge < -0.3 is 10.5 Å². The van der Waals surface area contributed by atoms with Crippen LogP contribution in [-0.2, 0) is 0 Å². The summed E-state index contributed by atoms with van der Waals surface area (Å²) in [4.78, 5) is 0. The van der Waals surface area contributed by atoms with Crippen LogP contribution in [0.25, 0.3) is 0 Å². The molecule has 106 valence electrons. The van der Waals surface area contributed by atoms with Gasteiger partial charge in [-0.2, -0.15) is 0 Å². The second kappa shape index (κ2) is 6.54. The van der Waals surface area contributed by atoms with Crippen molar-refractivity contribution in [2.24, 2.45) is 5.73 Å². The molecule has 6 heteroatoms. The summed E-state index contributed by atoms with van der Waals surface area (Å²) in [5, 5.41) is 1.14. The van der Waals surface area contributed by atoms with Crippen molar-refractivity contribution in [3.63, 3.8) is 0 Å². The van der Waals surface area contributed by atoms with E-state index in [9.17, 15) is 0 Å². The van der Waals surface area contributed by atoms with Crippen molar-refractivity contribution in [2.75, 3.05) is 0 Å². The minimum absolute atomic E-state index is 0.167. The Labute approximate surface area is 140 Å². The fraction of sp³-hybridized carbons (Fsp3) is 0.143. The molecule has 0 aliphatic carbocycles. The average Bonchev–Trinajstić information content (AvgIpc) is 2.35. The maximum atomic E-state index is 6.11. The summed E-state index contributed by atoms with van der Waals surface area (Å²) in [6, 6.07) is 8.59. The molecule has 0 spiro atoms. The topological polar surface area (TPSA) is 35.2 Å². The van der Waals surface area contributed by atoms with Gasteiger partial charge in [0.1, 0.15) is 11.5 Å². The van der Waals surface area contributed by atoms with Gasteiger partial charge in [0.15, 0.2) is 0 Å². The van der Waals surface area contributed by atoms with Gasteiger partial charge in [-0.1, -0.05) is 56.8 Å². The Morgan fingerprint density at radius 1 is 1.00 bits per heavy atom. The zero-order valence-electron chi connectivity index (χ0n) is 10.5. The lowest BCUT2D eigenvalue weighted by Crippen LogP contribution is -2.06. The van der Waals surface area contributed by atoms with Crippen LogP contribution in [-0.4, -0.2) is 0 Å². The molecule has 2 aromatic rings. The van der Waals surface area contributed by atoms with E-state index in [2.05, 4.69) is 15.9 Å². The highest BCUT2D eigenvalue weighted by molar-refractivity contribution is 9.10. The van der Waals surface area contributed by atoms with E-state index in [0.717, 1.165) is 10.0 Å². The predicted molar refractivity (Wildman–Crippen MR) is 88.3 cm³/mol. The largest absolute Gasteiger partial charge is 0.455 e. The molecule has 0 aliphatic heterocycles. The highest BCUT2D eigenvalue weighted by Gasteiger charge is 2.13. The lowest BCUT2D eigenvalue weighted by atomic mass is 10.1. The maximum absolute atomic E-state index is 6.11. The lowest BCUT2D eigenvalue weighted by Gasteiger charge is -2.15. The minimum Gasteiger partial charge on any atom is -0.455 e. The summed E-state index contributed by atoms with van der Waals surface area (Å²) in [6.07, 6.45) is 0. The van der Waals surface area contributed by atoms with Crippen LogP contribution in [0.4, 0.5) is 0 Å². The molecule has 0 saturated heterocycles. The van der Waals surface area contributed by atoms with E-state index in [1.54, 1.807) is 12.1 Å².